The van der Waals surface area contributed by atoms with E-state index in [1.54, 1.807) is 0 Å². The summed E-state index contributed by atoms with van der Waals surface area (Å²) in [7, 11) is 0. The molecule has 0 radical (unpaired) electrons. The van der Waals surface area contributed by atoms with Crippen molar-refractivity contribution in [3.05, 3.63) is 54.1 Å². The van der Waals surface area contributed by atoms with Gasteiger partial charge in [-0.2, -0.15) is 0 Å². The number of hydrogen-bond acceptors (Lipinski definition) is 3. The first kappa shape index (κ1) is 18.8. The predicted octanol–water partition coefficient (Wildman–Crippen LogP) is 5.01. The van der Waals surface area contributed by atoms with E-state index in [0.29, 0.717) is 29.7 Å². The van der Waals surface area contributed by atoms with Gasteiger partial charge in [-0.3, -0.25) is 4.79 Å². The number of carbonyl (C=O) groups excluding carboxylic acids is 1. The fraction of sp³-hybridized carbons (Fsp3) is 0.381. The van der Waals surface area contributed by atoms with Crippen molar-refractivity contribution in [3.63, 3.8) is 0 Å². The van der Waals surface area contributed by atoms with Crippen molar-refractivity contribution in [3.8, 4) is 11.5 Å². The summed E-state index contributed by atoms with van der Waals surface area (Å²) < 4.78 is 11.3. The summed E-state index contributed by atoms with van der Waals surface area (Å²) in [6.07, 6.45) is 2.05. The fourth-order valence-corrected chi connectivity index (χ4v) is 2.31. The lowest BCUT2D eigenvalue weighted by molar-refractivity contribution is -0.118. The normalized spacial score (nSPS) is 10.6. The lowest BCUT2D eigenvalue weighted by atomic mass is 10.0. The number of benzene rings is 2. The number of nitrogens with one attached hydrogen (secondary N) is 1. The molecule has 0 bridgehead atoms. The smallest absolute Gasteiger partial charge is 0.262 e. The molecule has 0 fully saturated rings. The molecule has 0 aliphatic rings. The van der Waals surface area contributed by atoms with Crippen LogP contribution in [0.2, 0.25) is 0 Å². The van der Waals surface area contributed by atoms with Gasteiger partial charge in [0.2, 0.25) is 0 Å². The van der Waals surface area contributed by atoms with Gasteiger partial charge in [0.05, 0.1) is 12.3 Å². The average Bonchev–Trinajstić information content (AvgIpc) is 2.62. The van der Waals surface area contributed by atoms with Gasteiger partial charge >= 0.3 is 0 Å². The SMILES string of the molecule is CCCCOc1ccccc1NC(=O)COc1ccc(C(C)C)cc1. The number of para-hydroxylation sites is 2. The van der Waals surface area contributed by atoms with E-state index < -0.39 is 0 Å². The first-order valence-electron chi connectivity index (χ1n) is 8.84. The molecule has 0 saturated heterocycles. The van der Waals surface area contributed by atoms with Crippen LogP contribution in [0.5, 0.6) is 11.5 Å². The summed E-state index contributed by atoms with van der Waals surface area (Å²) in [5.41, 5.74) is 1.91. The van der Waals surface area contributed by atoms with E-state index in [2.05, 4.69) is 26.1 Å². The molecule has 2 rings (SSSR count). The topological polar surface area (TPSA) is 47.6 Å². The number of amides is 1. The second kappa shape index (κ2) is 9.72. The number of ether oxygens (including phenoxy) is 2. The summed E-state index contributed by atoms with van der Waals surface area (Å²) in [5.74, 6) is 1.64. The molecule has 0 saturated carbocycles. The van der Waals surface area contributed by atoms with Crippen molar-refractivity contribution in [2.45, 2.75) is 39.5 Å². The molecular formula is C21H27NO3. The third-order valence-electron chi connectivity index (χ3n) is 3.83. The van der Waals surface area contributed by atoms with Gasteiger partial charge in [0.1, 0.15) is 11.5 Å². The van der Waals surface area contributed by atoms with E-state index in [-0.39, 0.29) is 12.5 Å². The molecule has 0 spiro atoms. The zero-order valence-electron chi connectivity index (χ0n) is 15.2. The van der Waals surface area contributed by atoms with E-state index in [0.717, 1.165) is 12.8 Å². The highest BCUT2D eigenvalue weighted by Gasteiger charge is 2.08. The molecule has 0 atom stereocenters. The van der Waals surface area contributed by atoms with E-state index in [1.165, 1.54) is 5.56 Å². The molecule has 1 N–H and O–H groups in total. The van der Waals surface area contributed by atoms with Crippen LogP contribution in [-0.4, -0.2) is 19.1 Å². The zero-order valence-corrected chi connectivity index (χ0v) is 15.2. The molecule has 25 heavy (non-hydrogen) atoms. The highest BCUT2D eigenvalue weighted by atomic mass is 16.5. The molecule has 0 heterocycles. The Morgan fingerprint density at radius 1 is 1.04 bits per heavy atom. The molecule has 2 aromatic rings. The second-order valence-electron chi connectivity index (χ2n) is 6.26. The minimum atomic E-state index is -0.209. The van der Waals surface area contributed by atoms with Crippen LogP contribution in [0.4, 0.5) is 5.69 Å². The Kier molecular flexibility index (Phi) is 7.33. The molecule has 134 valence electrons. The second-order valence-corrected chi connectivity index (χ2v) is 6.26. The molecule has 4 nitrogen and oxygen atoms in total. The summed E-state index contributed by atoms with van der Waals surface area (Å²) >= 11 is 0. The van der Waals surface area contributed by atoms with Crippen LogP contribution in [0.15, 0.2) is 48.5 Å². The summed E-state index contributed by atoms with van der Waals surface area (Å²) in [5, 5.41) is 2.85. The monoisotopic (exact) mass is 341 g/mol. The van der Waals surface area contributed by atoms with E-state index in [9.17, 15) is 4.79 Å². The fourth-order valence-electron chi connectivity index (χ4n) is 2.31. The van der Waals surface area contributed by atoms with Gasteiger partial charge in [0.25, 0.3) is 5.91 Å². The summed E-state index contributed by atoms with van der Waals surface area (Å²) in [4.78, 5) is 12.2. The lowest BCUT2D eigenvalue weighted by Gasteiger charge is -2.13. The number of hydrogen-bond donors (Lipinski definition) is 1. The van der Waals surface area contributed by atoms with Crippen LogP contribution in [0.1, 0.15) is 45.1 Å². The van der Waals surface area contributed by atoms with Gasteiger partial charge in [-0.25, -0.2) is 0 Å². The molecular weight excluding hydrogens is 314 g/mol. The Morgan fingerprint density at radius 2 is 1.76 bits per heavy atom. The van der Waals surface area contributed by atoms with Gasteiger partial charge in [0.15, 0.2) is 6.61 Å². The Hall–Kier alpha value is -2.49. The molecule has 2 aromatic carbocycles. The number of carbonyl (C=O) groups is 1. The van der Waals surface area contributed by atoms with Crippen LogP contribution in [0.3, 0.4) is 0 Å². The maximum Gasteiger partial charge on any atom is 0.262 e. The van der Waals surface area contributed by atoms with Gasteiger partial charge in [-0.05, 0) is 42.2 Å². The molecule has 1 amide bonds. The Labute approximate surface area is 150 Å². The van der Waals surface area contributed by atoms with Gasteiger partial charge in [-0.15, -0.1) is 0 Å². The minimum absolute atomic E-state index is 0.0374. The molecule has 0 unspecified atom stereocenters. The molecule has 4 heteroatoms. The zero-order chi connectivity index (χ0) is 18.1. The van der Waals surface area contributed by atoms with E-state index >= 15 is 0 Å². The Balaban J connectivity index is 1.87. The maximum absolute atomic E-state index is 12.2. The summed E-state index contributed by atoms with van der Waals surface area (Å²) in [6, 6.07) is 15.3. The van der Waals surface area contributed by atoms with Crippen molar-refractivity contribution in [1.82, 2.24) is 0 Å². The first-order chi connectivity index (χ1) is 12.1. The lowest BCUT2D eigenvalue weighted by Crippen LogP contribution is -2.20. The summed E-state index contributed by atoms with van der Waals surface area (Å²) in [6.45, 7) is 7.00. The van der Waals surface area contributed by atoms with E-state index in [4.69, 9.17) is 9.47 Å². The van der Waals surface area contributed by atoms with Gasteiger partial charge in [-0.1, -0.05) is 51.5 Å². The maximum atomic E-state index is 12.2. The predicted molar refractivity (Wildman–Crippen MR) is 102 cm³/mol. The minimum Gasteiger partial charge on any atom is -0.491 e. The highest BCUT2D eigenvalue weighted by molar-refractivity contribution is 5.93. The standard InChI is InChI=1S/C21H27NO3/c1-4-5-14-24-20-9-7-6-8-19(20)22-21(23)15-25-18-12-10-17(11-13-18)16(2)3/h6-13,16H,4-5,14-15H2,1-3H3,(H,22,23). The molecule has 0 aromatic heterocycles. The Morgan fingerprint density at radius 3 is 2.44 bits per heavy atom. The third kappa shape index (κ3) is 6.14. The third-order valence-corrected chi connectivity index (χ3v) is 3.83. The number of unbranched alkanes of at least 4 members (excludes halogenated alkanes) is 1. The van der Waals surface area contributed by atoms with Crippen LogP contribution in [-0.2, 0) is 4.79 Å². The molecule has 0 aliphatic heterocycles. The number of anilines is 1. The van der Waals surface area contributed by atoms with Crippen molar-refractivity contribution in [1.29, 1.82) is 0 Å². The van der Waals surface area contributed by atoms with Crippen molar-refractivity contribution >= 4 is 11.6 Å². The highest BCUT2D eigenvalue weighted by Crippen LogP contribution is 2.24. The Bertz CT molecular complexity index is 665. The van der Waals surface area contributed by atoms with Crippen molar-refractivity contribution in [2.24, 2.45) is 0 Å². The van der Waals surface area contributed by atoms with Crippen LogP contribution in [0.25, 0.3) is 0 Å². The largest absolute Gasteiger partial charge is 0.491 e. The van der Waals surface area contributed by atoms with Crippen LogP contribution < -0.4 is 14.8 Å². The first-order valence-corrected chi connectivity index (χ1v) is 8.84. The van der Waals surface area contributed by atoms with Crippen LogP contribution >= 0.6 is 0 Å². The van der Waals surface area contributed by atoms with Crippen molar-refractivity contribution in [2.75, 3.05) is 18.5 Å². The quantitative estimate of drug-likeness (QED) is 0.652. The molecule has 0 aliphatic carbocycles. The number of rotatable bonds is 9. The van der Waals surface area contributed by atoms with Gasteiger partial charge < -0.3 is 14.8 Å². The van der Waals surface area contributed by atoms with E-state index in [1.807, 2.05) is 48.5 Å². The van der Waals surface area contributed by atoms with Crippen LogP contribution in [0, 0.1) is 0 Å². The van der Waals surface area contributed by atoms with Gasteiger partial charge in [0, 0.05) is 0 Å². The average molecular weight is 341 g/mol. The van der Waals surface area contributed by atoms with Crippen molar-refractivity contribution < 1.29 is 14.3 Å².